The number of anilines is 3. The monoisotopic (exact) mass is 394 g/mol. The van der Waals surface area contributed by atoms with E-state index in [-0.39, 0.29) is 0 Å². The Hall–Kier alpha value is -2.79. The van der Waals surface area contributed by atoms with Crippen LogP contribution in [0.3, 0.4) is 0 Å². The van der Waals surface area contributed by atoms with Gasteiger partial charge in [0, 0.05) is 30.2 Å². The Bertz CT molecular complexity index is 1020. The molecule has 0 aliphatic carbocycles. The lowest BCUT2D eigenvalue weighted by Gasteiger charge is -2.30. The summed E-state index contributed by atoms with van der Waals surface area (Å²) in [5.74, 6) is 3.07. The number of rotatable bonds is 4. The number of hydrogen-bond donors (Lipinski definition) is 1. The maximum atomic E-state index is 6.22. The number of hydrogen-bond acceptors (Lipinski definition) is 5. The Balaban J connectivity index is 1.63. The van der Waals surface area contributed by atoms with Crippen molar-refractivity contribution in [3.63, 3.8) is 0 Å². The van der Waals surface area contributed by atoms with Crippen LogP contribution in [0.5, 0.6) is 5.75 Å². The van der Waals surface area contributed by atoms with Gasteiger partial charge in [0.25, 0.3) is 0 Å². The van der Waals surface area contributed by atoms with Crippen molar-refractivity contribution < 1.29 is 4.74 Å². The molecule has 4 rings (SSSR count). The Morgan fingerprint density at radius 2 is 1.86 bits per heavy atom. The number of nitrogens with one attached hydrogen (secondary N) is 1. The second kappa shape index (κ2) is 7.68. The minimum Gasteiger partial charge on any atom is -0.495 e. The van der Waals surface area contributed by atoms with Gasteiger partial charge >= 0.3 is 0 Å². The molecule has 0 spiro atoms. The number of fused-ring (bicyclic) bond motifs is 1. The van der Waals surface area contributed by atoms with Crippen LogP contribution in [-0.4, -0.2) is 23.6 Å². The number of halogens is 1. The third-order valence-corrected chi connectivity index (χ3v) is 5.43. The molecule has 1 aliphatic rings. The van der Waals surface area contributed by atoms with Crippen molar-refractivity contribution in [2.24, 2.45) is 0 Å². The van der Waals surface area contributed by atoms with E-state index in [9.17, 15) is 0 Å². The smallest absolute Gasteiger partial charge is 0.143 e. The first-order valence-corrected chi connectivity index (χ1v) is 9.70. The predicted octanol–water partition coefficient (Wildman–Crippen LogP) is 5.06. The van der Waals surface area contributed by atoms with Gasteiger partial charge in [0.05, 0.1) is 12.8 Å². The predicted molar refractivity (Wildman–Crippen MR) is 114 cm³/mol. The highest BCUT2D eigenvalue weighted by atomic mass is 35.5. The molecule has 2 aromatic carbocycles. The molecule has 3 aromatic rings. The minimum absolute atomic E-state index is 0.675. The van der Waals surface area contributed by atoms with Crippen LogP contribution in [0.15, 0.2) is 42.5 Å². The van der Waals surface area contributed by atoms with Gasteiger partial charge in [-0.05, 0) is 43.0 Å². The molecule has 0 fully saturated rings. The zero-order chi connectivity index (χ0) is 19.7. The fourth-order valence-corrected chi connectivity index (χ4v) is 3.69. The molecule has 1 aliphatic heterocycles. The van der Waals surface area contributed by atoms with Gasteiger partial charge in [-0.15, -0.1) is 0 Å². The molecule has 0 atom stereocenters. The molecule has 1 N–H and O–H groups in total. The summed E-state index contributed by atoms with van der Waals surface area (Å²) >= 11 is 6.22. The molecule has 6 heteroatoms. The molecule has 28 heavy (non-hydrogen) atoms. The van der Waals surface area contributed by atoms with Crippen molar-refractivity contribution >= 4 is 28.9 Å². The SMILES string of the molecule is COc1cc(Cl)c(C)cc1Nc1cc(N2CCc3ccccc3C2)nc(C)n1. The van der Waals surface area contributed by atoms with Gasteiger partial charge in [0.1, 0.15) is 23.2 Å². The molecule has 1 aromatic heterocycles. The topological polar surface area (TPSA) is 50.3 Å². The van der Waals surface area contributed by atoms with Gasteiger partial charge in [-0.3, -0.25) is 0 Å². The van der Waals surface area contributed by atoms with Crippen LogP contribution in [0.2, 0.25) is 5.02 Å². The number of nitrogens with zero attached hydrogens (tertiary/aromatic N) is 3. The highest BCUT2D eigenvalue weighted by Gasteiger charge is 2.18. The van der Waals surface area contributed by atoms with Crippen LogP contribution in [0, 0.1) is 13.8 Å². The van der Waals surface area contributed by atoms with Gasteiger partial charge < -0.3 is 15.0 Å². The van der Waals surface area contributed by atoms with E-state index in [1.54, 1.807) is 7.11 Å². The highest BCUT2D eigenvalue weighted by Crippen LogP contribution is 2.33. The van der Waals surface area contributed by atoms with Gasteiger partial charge in [-0.1, -0.05) is 35.9 Å². The van der Waals surface area contributed by atoms with Crippen molar-refractivity contribution in [2.45, 2.75) is 26.8 Å². The van der Waals surface area contributed by atoms with Crippen molar-refractivity contribution in [3.8, 4) is 5.75 Å². The lowest BCUT2D eigenvalue weighted by molar-refractivity contribution is 0.416. The average Bonchev–Trinajstić information content (AvgIpc) is 2.69. The lowest BCUT2D eigenvalue weighted by Crippen LogP contribution is -2.31. The van der Waals surface area contributed by atoms with Crippen LogP contribution in [0.25, 0.3) is 0 Å². The van der Waals surface area contributed by atoms with E-state index < -0.39 is 0 Å². The number of benzene rings is 2. The van der Waals surface area contributed by atoms with Gasteiger partial charge in [0.15, 0.2) is 0 Å². The lowest BCUT2D eigenvalue weighted by atomic mass is 10.00. The molecular formula is C22H23ClN4O. The van der Waals surface area contributed by atoms with Gasteiger partial charge in [-0.2, -0.15) is 0 Å². The van der Waals surface area contributed by atoms with Crippen LogP contribution >= 0.6 is 11.6 Å². The molecular weight excluding hydrogens is 372 g/mol. The quantitative estimate of drug-likeness (QED) is 0.670. The van der Waals surface area contributed by atoms with E-state index in [0.29, 0.717) is 10.8 Å². The Morgan fingerprint density at radius 1 is 1.07 bits per heavy atom. The summed E-state index contributed by atoms with van der Waals surface area (Å²) in [6, 6.07) is 14.4. The fourth-order valence-electron chi connectivity index (χ4n) is 3.54. The molecule has 0 radical (unpaired) electrons. The van der Waals surface area contributed by atoms with Crippen LogP contribution < -0.4 is 15.0 Å². The molecule has 0 saturated heterocycles. The normalized spacial score (nSPS) is 13.2. The highest BCUT2D eigenvalue weighted by molar-refractivity contribution is 6.31. The number of ether oxygens (including phenoxy) is 1. The third-order valence-electron chi connectivity index (χ3n) is 5.02. The summed E-state index contributed by atoms with van der Waals surface area (Å²) in [4.78, 5) is 11.5. The summed E-state index contributed by atoms with van der Waals surface area (Å²) in [5, 5.41) is 4.04. The molecule has 0 amide bonds. The number of methoxy groups -OCH3 is 1. The van der Waals surface area contributed by atoms with E-state index in [1.165, 1.54) is 11.1 Å². The molecule has 144 valence electrons. The summed E-state index contributed by atoms with van der Waals surface area (Å²) in [6.07, 6.45) is 1.02. The molecule has 0 unspecified atom stereocenters. The van der Waals surface area contributed by atoms with E-state index in [2.05, 4.69) is 44.5 Å². The zero-order valence-corrected chi connectivity index (χ0v) is 17.0. The second-order valence-electron chi connectivity index (χ2n) is 7.03. The van der Waals surface area contributed by atoms with Gasteiger partial charge in [-0.25, -0.2) is 9.97 Å². The average molecular weight is 395 g/mol. The Labute approximate surface area is 170 Å². The van der Waals surface area contributed by atoms with Crippen molar-refractivity contribution in [2.75, 3.05) is 23.9 Å². The van der Waals surface area contributed by atoms with Crippen LogP contribution in [0.4, 0.5) is 17.3 Å². The summed E-state index contributed by atoms with van der Waals surface area (Å²) in [6.45, 7) is 5.68. The molecule has 5 nitrogen and oxygen atoms in total. The van der Waals surface area contributed by atoms with Crippen LogP contribution in [-0.2, 0) is 13.0 Å². The van der Waals surface area contributed by atoms with E-state index >= 15 is 0 Å². The number of aryl methyl sites for hydroxylation is 2. The zero-order valence-electron chi connectivity index (χ0n) is 16.3. The summed E-state index contributed by atoms with van der Waals surface area (Å²) < 4.78 is 5.47. The first kappa shape index (κ1) is 18.6. The standard InChI is InChI=1S/C22H23ClN4O/c1-14-10-19(20(28-3)11-18(14)23)26-21-12-22(25-15(2)24-21)27-9-8-16-6-4-5-7-17(16)13-27/h4-7,10-12H,8-9,13H2,1-3H3,(H,24,25,26). The second-order valence-corrected chi connectivity index (χ2v) is 7.43. The van der Waals surface area contributed by atoms with E-state index in [0.717, 1.165) is 48.2 Å². The molecule has 2 heterocycles. The van der Waals surface area contributed by atoms with Crippen molar-refractivity contribution in [1.82, 2.24) is 9.97 Å². The van der Waals surface area contributed by atoms with Gasteiger partial charge in [0.2, 0.25) is 0 Å². The Kier molecular flexibility index (Phi) is 5.09. The van der Waals surface area contributed by atoms with E-state index in [1.807, 2.05) is 32.0 Å². The van der Waals surface area contributed by atoms with E-state index in [4.69, 9.17) is 16.3 Å². The fraction of sp³-hybridized carbons (Fsp3) is 0.273. The third kappa shape index (κ3) is 3.76. The maximum absolute atomic E-state index is 6.22. The first-order valence-electron chi connectivity index (χ1n) is 9.32. The first-order chi connectivity index (χ1) is 13.5. The minimum atomic E-state index is 0.675. The maximum Gasteiger partial charge on any atom is 0.143 e. The summed E-state index contributed by atoms with van der Waals surface area (Å²) in [7, 11) is 1.63. The van der Waals surface area contributed by atoms with Crippen LogP contribution in [0.1, 0.15) is 22.5 Å². The summed E-state index contributed by atoms with van der Waals surface area (Å²) in [5.41, 5.74) is 4.58. The van der Waals surface area contributed by atoms with Crippen molar-refractivity contribution in [1.29, 1.82) is 0 Å². The molecule has 0 saturated carbocycles. The number of aromatic nitrogens is 2. The molecule has 0 bridgehead atoms. The van der Waals surface area contributed by atoms with Crippen molar-refractivity contribution in [3.05, 3.63) is 70.0 Å². The Morgan fingerprint density at radius 3 is 2.64 bits per heavy atom. The largest absolute Gasteiger partial charge is 0.495 e.